The van der Waals surface area contributed by atoms with Crippen LogP contribution >= 0.6 is 0 Å². The Morgan fingerprint density at radius 3 is 2.15 bits per heavy atom. The van der Waals surface area contributed by atoms with Gasteiger partial charge in [0.15, 0.2) is 0 Å². The molecule has 4 rings (SSSR count). The van der Waals surface area contributed by atoms with Gasteiger partial charge in [0.2, 0.25) is 6.29 Å². The van der Waals surface area contributed by atoms with Gasteiger partial charge in [0.05, 0.1) is 0 Å². The molecule has 4 aliphatic carbocycles. The fraction of sp³-hybridized carbons (Fsp3) is 0.850. The zero-order valence-electron chi connectivity index (χ0n) is 16.5. The summed E-state index contributed by atoms with van der Waals surface area (Å²) >= 11 is 0. The number of nitrogens with one attached hydrogen (secondary N) is 1. The van der Waals surface area contributed by atoms with E-state index in [1.807, 2.05) is 0 Å². The Hall–Kier alpha value is -1.59. The molecule has 0 aromatic rings. The van der Waals surface area contributed by atoms with Crippen molar-refractivity contribution in [1.82, 2.24) is 5.32 Å². The number of ether oxygens (including phenoxy) is 2. The molecule has 26 heavy (non-hydrogen) atoms. The predicted molar refractivity (Wildman–Crippen MR) is 95.2 cm³/mol. The van der Waals surface area contributed by atoms with E-state index in [0.29, 0.717) is 12.2 Å². The monoisotopic (exact) mass is 365 g/mol. The maximum atomic E-state index is 12.5. The Kier molecular flexibility index (Phi) is 4.40. The van der Waals surface area contributed by atoms with E-state index in [0.717, 1.165) is 19.3 Å². The summed E-state index contributed by atoms with van der Waals surface area (Å²) in [6.07, 6.45) is 5.61. The molecule has 0 heterocycles. The molecule has 0 aromatic carbocycles. The molecule has 146 valence electrons. The van der Waals surface area contributed by atoms with Gasteiger partial charge in [0, 0.05) is 12.5 Å². The van der Waals surface area contributed by atoms with E-state index in [-0.39, 0.29) is 16.4 Å². The summed E-state index contributed by atoms with van der Waals surface area (Å²) in [6, 6.07) is 0. The molecule has 0 aliphatic heterocycles. The zero-order chi connectivity index (χ0) is 19.4. The first-order valence-electron chi connectivity index (χ1n) is 9.55. The molecule has 0 saturated heterocycles. The molecule has 0 radical (unpaired) electrons. The van der Waals surface area contributed by atoms with Gasteiger partial charge in [-0.1, -0.05) is 13.8 Å². The molecule has 4 bridgehead atoms. The minimum absolute atomic E-state index is 0.216. The first-order valence-corrected chi connectivity index (χ1v) is 9.55. The van der Waals surface area contributed by atoms with Crippen molar-refractivity contribution in [1.29, 1.82) is 0 Å². The van der Waals surface area contributed by atoms with Crippen molar-refractivity contribution < 1.29 is 23.9 Å². The summed E-state index contributed by atoms with van der Waals surface area (Å²) in [5.74, 6) is -0.0483. The van der Waals surface area contributed by atoms with Gasteiger partial charge < -0.3 is 19.6 Å². The third kappa shape index (κ3) is 3.60. The van der Waals surface area contributed by atoms with Crippen molar-refractivity contribution >= 4 is 18.3 Å². The number of carbonyl (C=O) groups is 3. The normalized spacial score (nSPS) is 39.2. The number of carbonyl (C=O) groups excluding carboxylic acids is 3. The van der Waals surface area contributed by atoms with Crippen LogP contribution in [0, 0.1) is 22.2 Å². The lowest BCUT2D eigenvalue weighted by atomic mass is 9.43. The highest BCUT2D eigenvalue weighted by Gasteiger charge is 2.60. The second-order valence-corrected chi connectivity index (χ2v) is 10.3. The topological polar surface area (TPSA) is 81.7 Å². The number of hydrogen-bond donors (Lipinski definition) is 1. The van der Waals surface area contributed by atoms with Crippen LogP contribution < -0.4 is 5.32 Å². The molecule has 4 saturated carbocycles. The maximum Gasteiger partial charge on any atom is 0.410 e. The SMILES string of the molecule is CC(OC(=O)NC12CC3CC(C)(CC(C)(C3)C1)C2)OC(=O)C(C)(C)C=O. The average molecular weight is 365 g/mol. The van der Waals surface area contributed by atoms with Gasteiger partial charge in [-0.2, -0.15) is 0 Å². The van der Waals surface area contributed by atoms with Gasteiger partial charge in [-0.25, -0.2) is 4.79 Å². The van der Waals surface area contributed by atoms with Crippen LogP contribution in [0.1, 0.15) is 73.1 Å². The lowest BCUT2D eigenvalue weighted by Crippen LogP contribution is -2.65. The van der Waals surface area contributed by atoms with Crippen molar-refractivity contribution in [3.63, 3.8) is 0 Å². The van der Waals surface area contributed by atoms with Crippen LogP contribution in [0.3, 0.4) is 0 Å². The zero-order valence-corrected chi connectivity index (χ0v) is 16.5. The van der Waals surface area contributed by atoms with Crippen LogP contribution in [0.2, 0.25) is 0 Å². The molecular formula is C20H31NO5. The number of aldehydes is 1. The highest BCUT2D eigenvalue weighted by atomic mass is 16.7. The number of hydrogen-bond acceptors (Lipinski definition) is 5. The third-order valence-electron chi connectivity index (χ3n) is 6.36. The highest BCUT2D eigenvalue weighted by molar-refractivity contribution is 5.92. The van der Waals surface area contributed by atoms with Gasteiger partial charge in [0.25, 0.3) is 0 Å². The van der Waals surface area contributed by atoms with Crippen molar-refractivity contribution in [3.05, 3.63) is 0 Å². The van der Waals surface area contributed by atoms with Crippen LogP contribution in [0.4, 0.5) is 4.79 Å². The van der Waals surface area contributed by atoms with Crippen LogP contribution in [0.5, 0.6) is 0 Å². The molecule has 6 nitrogen and oxygen atoms in total. The number of rotatable bonds is 5. The van der Waals surface area contributed by atoms with E-state index in [1.54, 1.807) is 0 Å². The molecule has 1 amide bonds. The van der Waals surface area contributed by atoms with Gasteiger partial charge in [-0.15, -0.1) is 0 Å². The minimum atomic E-state index is -1.25. The molecule has 3 unspecified atom stereocenters. The van der Waals surface area contributed by atoms with Crippen molar-refractivity contribution in [3.8, 4) is 0 Å². The highest BCUT2D eigenvalue weighted by Crippen LogP contribution is 2.66. The number of esters is 1. The average Bonchev–Trinajstić information content (AvgIpc) is 2.41. The second-order valence-electron chi connectivity index (χ2n) is 10.3. The molecule has 4 aliphatic rings. The summed E-state index contributed by atoms with van der Waals surface area (Å²) in [6.45, 7) is 9.09. The fourth-order valence-corrected chi connectivity index (χ4v) is 6.36. The Morgan fingerprint density at radius 2 is 1.65 bits per heavy atom. The summed E-state index contributed by atoms with van der Waals surface area (Å²) < 4.78 is 10.3. The standard InChI is InChI=1S/C20H31NO5/c1-13(25-15(23)17(2,3)12-22)26-16(24)21-20-8-14-6-18(4,10-20)9-19(5,7-14)11-20/h12-14H,6-11H2,1-5H3,(H,21,24). The summed E-state index contributed by atoms with van der Waals surface area (Å²) in [7, 11) is 0. The van der Waals surface area contributed by atoms with E-state index in [9.17, 15) is 14.4 Å². The lowest BCUT2D eigenvalue weighted by Gasteiger charge is -2.65. The summed E-state index contributed by atoms with van der Waals surface area (Å²) in [4.78, 5) is 35.3. The van der Waals surface area contributed by atoms with Gasteiger partial charge in [-0.3, -0.25) is 4.79 Å². The van der Waals surface area contributed by atoms with Crippen molar-refractivity contribution in [2.24, 2.45) is 22.2 Å². The molecule has 6 heteroatoms. The fourth-order valence-electron chi connectivity index (χ4n) is 6.36. The Labute approximate surface area is 155 Å². The Bertz CT molecular complexity index is 610. The van der Waals surface area contributed by atoms with E-state index < -0.39 is 23.8 Å². The van der Waals surface area contributed by atoms with Crippen LogP contribution in [-0.2, 0) is 19.1 Å². The lowest BCUT2D eigenvalue weighted by molar-refractivity contribution is -0.175. The smallest absolute Gasteiger partial charge is 0.410 e. The number of alkyl carbamates (subject to hydrolysis) is 1. The molecule has 4 fully saturated rings. The predicted octanol–water partition coefficient (Wildman–Crippen LogP) is 3.58. The van der Waals surface area contributed by atoms with Crippen molar-refractivity contribution in [2.75, 3.05) is 0 Å². The van der Waals surface area contributed by atoms with Gasteiger partial charge in [0.1, 0.15) is 11.7 Å². The first kappa shape index (κ1) is 19.2. The van der Waals surface area contributed by atoms with Crippen LogP contribution in [0.15, 0.2) is 0 Å². The summed E-state index contributed by atoms with van der Waals surface area (Å²) in [5, 5.41) is 3.11. The number of amides is 1. The van der Waals surface area contributed by atoms with Gasteiger partial charge >= 0.3 is 12.1 Å². The first-order chi connectivity index (χ1) is 11.9. The minimum Gasteiger partial charge on any atom is -0.425 e. The summed E-state index contributed by atoms with van der Waals surface area (Å²) in [5.41, 5.74) is -0.899. The Morgan fingerprint density at radius 1 is 1.08 bits per heavy atom. The van der Waals surface area contributed by atoms with E-state index in [4.69, 9.17) is 9.47 Å². The van der Waals surface area contributed by atoms with E-state index in [2.05, 4.69) is 19.2 Å². The maximum absolute atomic E-state index is 12.5. The third-order valence-corrected chi connectivity index (χ3v) is 6.36. The molecule has 0 aromatic heterocycles. The van der Waals surface area contributed by atoms with E-state index in [1.165, 1.54) is 40.0 Å². The quantitative estimate of drug-likeness (QED) is 0.348. The van der Waals surface area contributed by atoms with Crippen LogP contribution in [-0.4, -0.2) is 30.2 Å². The molecule has 1 N–H and O–H groups in total. The largest absolute Gasteiger partial charge is 0.425 e. The van der Waals surface area contributed by atoms with Crippen LogP contribution in [0.25, 0.3) is 0 Å². The molecule has 0 spiro atoms. The molecular weight excluding hydrogens is 334 g/mol. The van der Waals surface area contributed by atoms with Crippen molar-refractivity contribution in [2.45, 2.75) is 85.0 Å². The van der Waals surface area contributed by atoms with E-state index >= 15 is 0 Å². The Balaban J connectivity index is 1.60. The molecule has 3 atom stereocenters. The second kappa shape index (κ2) is 5.96. The van der Waals surface area contributed by atoms with Gasteiger partial charge in [-0.05, 0) is 69.1 Å².